The van der Waals surface area contributed by atoms with E-state index in [0.717, 1.165) is 43.5 Å². The molecule has 0 saturated carbocycles. The topological polar surface area (TPSA) is 58.3 Å². The average Bonchev–Trinajstić information content (AvgIpc) is 2.41. The molecule has 3 nitrogen and oxygen atoms in total. The summed E-state index contributed by atoms with van der Waals surface area (Å²) < 4.78 is 0. The minimum absolute atomic E-state index is 0.648. The first-order valence-electron chi connectivity index (χ1n) is 6.65. The number of aliphatic hydroxyl groups is 1. The fourth-order valence-corrected chi connectivity index (χ4v) is 2.35. The minimum Gasteiger partial charge on any atom is -0.385 e. The zero-order chi connectivity index (χ0) is 12.8. The summed E-state index contributed by atoms with van der Waals surface area (Å²) in [5.74, 6) is 0. The second kappa shape index (κ2) is 6.14. The summed E-state index contributed by atoms with van der Waals surface area (Å²) in [4.78, 5) is 0. The van der Waals surface area contributed by atoms with Crippen molar-refractivity contribution in [1.82, 2.24) is 5.32 Å². The van der Waals surface area contributed by atoms with E-state index in [1.165, 1.54) is 0 Å². The summed E-state index contributed by atoms with van der Waals surface area (Å²) >= 11 is 0. The zero-order valence-electron chi connectivity index (χ0n) is 10.7. The van der Waals surface area contributed by atoms with Crippen molar-refractivity contribution >= 4 is 6.08 Å². The lowest BCUT2D eigenvalue weighted by molar-refractivity contribution is 0.00594. The highest BCUT2D eigenvalue weighted by atomic mass is 16.3. The van der Waals surface area contributed by atoms with Crippen molar-refractivity contribution in [3.05, 3.63) is 41.5 Å². The van der Waals surface area contributed by atoms with Gasteiger partial charge in [-0.2, -0.15) is 0 Å². The van der Waals surface area contributed by atoms with Gasteiger partial charge >= 0.3 is 0 Å². The Morgan fingerprint density at radius 3 is 2.50 bits per heavy atom. The van der Waals surface area contributed by atoms with Gasteiger partial charge in [0.05, 0.1) is 5.60 Å². The van der Waals surface area contributed by atoms with E-state index < -0.39 is 5.60 Å². The van der Waals surface area contributed by atoms with Gasteiger partial charge in [-0.3, -0.25) is 0 Å². The first kappa shape index (κ1) is 13.3. The fraction of sp³-hybridized carbons (Fsp3) is 0.467. The highest BCUT2D eigenvalue weighted by molar-refractivity contribution is 5.50. The minimum atomic E-state index is -0.648. The van der Waals surface area contributed by atoms with Crippen LogP contribution >= 0.6 is 0 Å². The van der Waals surface area contributed by atoms with Crippen molar-refractivity contribution in [3.8, 4) is 0 Å². The standard InChI is InChI=1S/C15H22N2O/c16-10-2-1-3-13-4-6-14(7-5-13)15(18)8-11-17-12-9-15/h1,3-7,17-18H,2,8-12,16H2. The number of hydrogen-bond acceptors (Lipinski definition) is 3. The molecule has 1 fully saturated rings. The molecule has 18 heavy (non-hydrogen) atoms. The molecule has 2 rings (SSSR count). The molecular weight excluding hydrogens is 224 g/mol. The zero-order valence-corrected chi connectivity index (χ0v) is 10.7. The third-order valence-electron chi connectivity index (χ3n) is 3.52. The van der Waals surface area contributed by atoms with Crippen LogP contribution in [0, 0.1) is 0 Å². The van der Waals surface area contributed by atoms with Crippen LogP contribution in [-0.2, 0) is 5.60 Å². The molecule has 1 aromatic rings. The number of benzene rings is 1. The summed E-state index contributed by atoms with van der Waals surface area (Å²) in [7, 11) is 0. The van der Waals surface area contributed by atoms with Gasteiger partial charge in [0.2, 0.25) is 0 Å². The number of nitrogens with one attached hydrogen (secondary N) is 1. The van der Waals surface area contributed by atoms with Crippen molar-refractivity contribution in [3.63, 3.8) is 0 Å². The Balaban J connectivity index is 2.07. The largest absolute Gasteiger partial charge is 0.385 e. The van der Waals surface area contributed by atoms with Crippen LogP contribution in [-0.4, -0.2) is 24.7 Å². The maximum absolute atomic E-state index is 10.6. The molecule has 0 unspecified atom stereocenters. The molecule has 98 valence electrons. The van der Waals surface area contributed by atoms with Gasteiger partial charge in [0, 0.05) is 0 Å². The molecule has 0 atom stereocenters. The van der Waals surface area contributed by atoms with Gasteiger partial charge in [-0.15, -0.1) is 0 Å². The van der Waals surface area contributed by atoms with E-state index in [9.17, 15) is 5.11 Å². The molecule has 1 saturated heterocycles. The quantitative estimate of drug-likeness (QED) is 0.756. The third-order valence-corrected chi connectivity index (χ3v) is 3.52. The summed E-state index contributed by atoms with van der Waals surface area (Å²) in [6.07, 6.45) is 6.62. The SMILES string of the molecule is NCCC=Cc1ccc(C2(O)CCNCC2)cc1. The molecule has 1 aromatic carbocycles. The summed E-state index contributed by atoms with van der Waals surface area (Å²) in [5, 5.41) is 13.8. The van der Waals surface area contributed by atoms with Gasteiger partial charge in [-0.25, -0.2) is 0 Å². The van der Waals surface area contributed by atoms with Crippen LogP contribution in [0.5, 0.6) is 0 Å². The van der Waals surface area contributed by atoms with Gasteiger partial charge < -0.3 is 16.2 Å². The molecule has 0 aromatic heterocycles. The molecule has 0 bridgehead atoms. The second-order valence-corrected chi connectivity index (χ2v) is 4.88. The van der Waals surface area contributed by atoms with Crippen LogP contribution in [0.2, 0.25) is 0 Å². The fourth-order valence-electron chi connectivity index (χ4n) is 2.35. The molecule has 3 heteroatoms. The maximum atomic E-state index is 10.6. The summed E-state index contributed by atoms with van der Waals surface area (Å²) in [5.41, 5.74) is 6.98. The Morgan fingerprint density at radius 2 is 1.89 bits per heavy atom. The number of piperidine rings is 1. The monoisotopic (exact) mass is 246 g/mol. The molecule has 1 aliphatic heterocycles. The van der Waals surface area contributed by atoms with E-state index in [0.29, 0.717) is 6.54 Å². The Bertz CT molecular complexity index is 391. The van der Waals surface area contributed by atoms with Crippen LogP contribution in [0.25, 0.3) is 6.08 Å². The van der Waals surface area contributed by atoms with Crippen LogP contribution in [0.1, 0.15) is 30.4 Å². The van der Waals surface area contributed by atoms with E-state index in [1.807, 2.05) is 12.1 Å². The van der Waals surface area contributed by atoms with Crippen molar-refractivity contribution in [1.29, 1.82) is 0 Å². The molecular formula is C15H22N2O. The Kier molecular flexibility index (Phi) is 4.53. The molecule has 0 amide bonds. The lowest BCUT2D eigenvalue weighted by Gasteiger charge is -2.33. The lowest BCUT2D eigenvalue weighted by Crippen LogP contribution is -2.39. The van der Waals surface area contributed by atoms with E-state index >= 15 is 0 Å². The Labute approximate surface area is 109 Å². The van der Waals surface area contributed by atoms with Crippen molar-refractivity contribution in [2.24, 2.45) is 5.73 Å². The first-order chi connectivity index (χ1) is 8.74. The molecule has 4 N–H and O–H groups in total. The maximum Gasteiger partial charge on any atom is 0.0920 e. The van der Waals surface area contributed by atoms with Crippen molar-refractivity contribution in [2.45, 2.75) is 24.9 Å². The highest BCUT2D eigenvalue weighted by Crippen LogP contribution is 2.30. The number of hydrogen-bond donors (Lipinski definition) is 3. The van der Waals surface area contributed by atoms with Gasteiger partial charge in [-0.1, -0.05) is 36.4 Å². The Hall–Kier alpha value is -1.16. The third kappa shape index (κ3) is 3.19. The summed E-state index contributed by atoms with van der Waals surface area (Å²) in [6, 6.07) is 8.19. The molecule has 0 radical (unpaired) electrons. The first-order valence-corrected chi connectivity index (χ1v) is 6.65. The molecule has 0 spiro atoms. The summed E-state index contributed by atoms with van der Waals surface area (Å²) in [6.45, 7) is 2.45. The lowest BCUT2D eigenvalue weighted by atomic mass is 9.85. The van der Waals surface area contributed by atoms with Crippen molar-refractivity contribution < 1.29 is 5.11 Å². The van der Waals surface area contributed by atoms with Crippen LogP contribution in [0.4, 0.5) is 0 Å². The van der Waals surface area contributed by atoms with E-state index in [2.05, 4.69) is 29.6 Å². The van der Waals surface area contributed by atoms with E-state index in [4.69, 9.17) is 5.73 Å². The highest BCUT2D eigenvalue weighted by Gasteiger charge is 2.30. The second-order valence-electron chi connectivity index (χ2n) is 4.88. The van der Waals surface area contributed by atoms with Gasteiger partial charge in [0.25, 0.3) is 0 Å². The van der Waals surface area contributed by atoms with Crippen LogP contribution < -0.4 is 11.1 Å². The molecule has 1 heterocycles. The predicted molar refractivity (Wildman–Crippen MR) is 75.1 cm³/mol. The molecule has 0 aliphatic carbocycles. The smallest absolute Gasteiger partial charge is 0.0920 e. The van der Waals surface area contributed by atoms with E-state index in [1.54, 1.807) is 0 Å². The van der Waals surface area contributed by atoms with Crippen molar-refractivity contribution in [2.75, 3.05) is 19.6 Å². The predicted octanol–water partition coefficient (Wildman–Crippen LogP) is 1.62. The number of nitrogens with two attached hydrogens (primary N) is 1. The molecule has 1 aliphatic rings. The normalized spacial score (nSPS) is 19.2. The van der Waals surface area contributed by atoms with Crippen LogP contribution in [0.15, 0.2) is 30.3 Å². The van der Waals surface area contributed by atoms with Crippen LogP contribution in [0.3, 0.4) is 0 Å². The average molecular weight is 246 g/mol. The van der Waals surface area contributed by atoms with Gasteiger partial charge in [0.15, 0.2) is 0 Å². The van der Waals surface area contributed by atoms with Gasteiger partial charge in [-0.05, 0) is 50.0 Å². The van der Waals surface area contributed by atoms with Gasteiger partial charge in [0.1, 0.15) is 0 Å². The van der Waals surface area contributed by atoms with E-state index in [-0.39, 0.29) is 0 Å². The Morgan fingerprint density at radius 1 is 1.22 bits per heavy atom. The number of rotatable bonds is 4.